The van der Waals surface area contributed by atoms with Crippen LogP contribution in [0.3, 0.4) is 0 Å². The number of allylic oxidation sites excluding steroid dienone is 1. The second kappa shape index (κ2) is 7.94. The number of carbonyl (C=O) groups excluding carboxylic acids is 1. The van der Waals surface area contributed by atoms with E-state index in [0.29, 0.717) is 18.1 Å². The molecule has 0 fully saturated rings. The van der Waals surface area contributed by atoms with E-state index in [1.54, 1.807) is 18.3 Å². The highest BCUT2D eigenvalue weighted by atomic mass is 16.5. The average molecular weight is 333 g/mol. The molecule has 4 heteroatoms. The zero-order valence-electron chi connectivity index (χ0n) is 15.2. The Morgan fingerprint density at radius 3 is 2.67 bits per heavy atom. The van der Waals surface area contributed by atoms with Gasteiger partial charge in [0.05, 0.1) is 6.10 Å². The Kier molecular flexibility index (Phi) is 5.90. The van der Waals surface area contributed by atoms with Gasteiger partial charge in [-0.3, -0.25) is 4.79 Å². The summed E-state index contributed by atoms with van der Waals surface area (Å²) in [5.74, 6) is 0.551. The monoisotopic (exact) mass is 333 g/mol. The van der Waals surface area contributed by atoms with Crippen LogP contribution in [0.15, 0.2) is 23.3 Å². The maximum absolute atomic E-state index is 12.4. The summed E-state index contributed by atoms with van der Waals surface area (Å²) in [7, 11) is 3.44. The Balaban J connectivity index is 1.71. The van der Waals surface area contributed by atoms with Crippen molar-refractivity contribution in [3.63, 3.8) is 0 Å². The lowest BCUT2D eigenvalue weighted by Gasteiger charge is -2.34. The molecular formula is C20H31NO3. The minimum absolute atomic E-state index is 0.0326. The van der Waals surface area contributed by atoms with E-state index in [9.17, 15) is 4.79 Å². The largest absolute Gasteiger partial charge is 0.381 e. The Labute approximate surface area is 145 Å². The molecule has 5 unspecified atom stereocenters. The molecule has 0 bridgehead atoms. The van der Waals surface area contributed by atoms with E-state index in [2.05, 4.69) is 18.3 Å². The van der Waals surface area contributed by atoms with E-state index in [1.165, 1.54) is 12.8 Å². The number of methoxy groups -OCH3 is 2. The molecule has 134 valence electrons. The second-order valence-corrected chi connectivity index (χ2v) is 7.45. The van der Waals surface area contributed by atoms with Gasteiger partial charge in [0.25, 0.3) is 0 Å². The van der Waals surface area contributed by atoms with Crippen molar-refractivity contribution < 1.29 is 14.3 Å². The topological polar surface area (TPSA) is 47.6 Å². The fourth-order valence-electron chi connectivity index (χ4n) is 4.55. The van der Waals surface area contributed by atoms with Crippen LogP contribution in [-0.2, 0) is 14.3 Å². The van der Waals surface area contributed by atoms with Crippen LogP contribution in [0.4, 0.5) is 0 Å². The molecule has 24 heavy (non-hydrogen) atoms. The molecule has 5 atom stereocenters. The third kappa shape index (κ3) is 3.66. The highest BCUT2D eigenvalue weighted by Gasteiger charge is 2.35. The molecule has 0 aromatic carbocycles. The predicted octanol–water partition coefficient (Wildman–Crippen LogP) is 3.03. The number of hydrogen-bond donors (Lipinski definition) is 1. The molecule has 3 aliphatic rings. The lowest BCUT2D eigenvalue weighted by Crippen LogP contribution is -2.41. The van der Waals surface area contributed by atoms with Crippen LogP contribution >= 0.6 is 0 Å². The molecule has 0 aromatic rings. The molecule has 0 spiro atoms. The maximum atomic E-state index is 12.4. The van der Waals surface area contributed by atoms with E-state index in [-0.39, 0.29) is 17.8 Å². The lowest BCUT2D eigenvalue weighted by molar-refractivity contribution is -0.131. The minimum atomic E-state index is -0.356. The standard InChI is InChI=1S/C20H31NO3/c1-13-15(5-9-19(24-3)20(13)22)12-18-17-8-7-16(23-2)6-4-14(17)10-11-21-18/h5,9,13,15-16,18-19,21H,4,6-8,10-12H2,1-3H3. The van der Waals surface area contributed by atoms with Gasteiger partial charge < -0.3 is 14.8 Å². The molecule has 1 aliphatic heterocycles. The molecule has 4 nitrogen and oxygen atoms in total. The van der Waals surface area contributed by atoms with Crippen LogP contribution < -0.4 is 5.32 Å². The third-order valence-electron chi connectivity index (χ3n) is 6.20. The number of rotatable bonds is 4. The van der Waals surface area contributed by atoms with Crippen molar-refractivity contribution in [1.29, 1.82) is 0 Å². The van der Waals surface area contributed by atoms with Crippen molar-refractivity contribution in [2.24, 2.45) is 11.8 Å². The van der Waals surface area contributed by atoms with Gasteiger partial charge in [-0.2, -0.15) is 0 Å². The lowest BCUT2D eigenvalue weighted by atomic mass is 9.76. The molecule has 1 heterocycles. The van der Waals surface area contributed by atoms with Gasteiger partial charge in [0.1, 0.15) is 6.10 Å². The first-order chi connectivity index (χ1) is 11.6. The summed E-state index contributed by atoms with van der Waals surface area (Å²) < 4.78 is 10.9. The average Bonchev–Trinajstić information content (AvgIpc) is 2.82. The summed E-state index contributed by atoms with van der Waals surface area (Å²) in [5, 5.41) is 3.71. The number of ether oxygens (including phenoxy) is 2. The van der Waals surface area contributed by atoms with Gasteiger partial charge in [-0.05, 0) is 51.0 Å². The van der Waals surface area contributed by atoms with E-state index < -0.39 is 0 Å². The summed E-state index contributed by atoms with van der Waals surface area (Å²) in [6, 6.07) is 0.411. The predicted molar refractivity (Wildman–Crippen MR) is 94.9 cm³/mol. The normalized spacial score (nSPS) is 37.3. The van der Waals surface area contributed by atoms with Crippen LogP contribution in [0, 0.1) is 11.8 Å². The van der Waals surface area contributed by atoms with E-state index in [1.807, 2.05) is 13.2 Å². The van der Waals surface area contributed by atoms with Crippen molar-refractivity contribution in [3.8, 4) is 0 Å². The summed E-state index contributed by atoms with van der Waals surface area (Å²) in [6.07, 6.45) is 10.9. The van der Waals surface area contributed by atoms with Crippen LogP contribution in [0.25, 0.3) is 0 Å². The smallest absolute Gasteiger partial charge is 0.168 e. The van der Waals surface area contributed by atoms with E-state index in [4.69, 9.17) is 9.47 Å². The van der Waals surface area contributed by atoms with Gasteiger partial charge in [-0.1, -0.05) is 30.2 Å². The number of hydrogen-bond acceptors (Lipinski definition) is 4. The van der Waals surface area contributed by atoms with Crippen molar-refractivity contribution in [2.45, 2.75) is 63.7 Å². The first kappa shape index (κ1) is 17.8. The maximum Gasteiger partial charge on any atom is 0.168 e. The van der Waals surface area contributed by atoms with Crippen molar-refractivity contribution in [1.82, 2.24) is 5.32 Å². The minimum Gasteiger partial charge on any atom is -0.381 e. The van der Waals surface area contributed by atoms with Crippen LogP contribution in [0.2, 0.25) is 0 Å². The SMILES string of the molecule is COC1CCC2=C(CC1)C(CC1C=CC(OC)C(=O)C1C)NCC2. The number of ketones is 1. The van der Waals surface area contributed by atoms with Gasteiger partial charge >= 0.3 is 0 Å². The Morgan fingerprint density at radius 2 is 1.92 bits per heavy atom. The molecule has 3 rings (SSSR count). The van der Waals surface area contributed by atoms with Crippen LogP contribution in [-0.4, -0.2) is 44.8 Å². The van der Waals surface area contributed by atoms with Crippen molar-refractivity contribution in [3.05, 3.63) is 23.3 Å². The Bertz CT molecular complexity index is 525. The number of carbonyl (C=O) groups is 1. The summed E-state index contributed by atoms with van der Waals surface area (Å²) in [5.41, 5.74) is 3.24. The fraction of sp³-hybridized carbons (Fsp3) is 0.750. The molecular weight excluding hydrogens is 302 g/mol. The van der Waals surface area contributed by atoms with Crippen LogP contribution in [0.5, 0.6) is 0 Å². The highest BCUT2D eigenvalue weighted by Crippen LogP contribution is 2.36. The van der Waals surface area contributed by atoms with Gasteiger partial charge in [0.2, 0.25) is 0 Å². The van der Waals surface area contributed by atoms with E-state index >= 15 is 0 Å². The number of Topliss-reactive ketones (excluding diaryl/α,β-unsaturated/α-hetero) is 1. The third-order valence-corrected chi connectivity index (χ3v) is 6.20. The van der Waals surface area contributed by atoms with Gasteiger partial charge in [-0.25, -0.2) is 0 Å². The summed E-state index contributed by atoms with van der Waals surface area (Å²) in [6.45, 7) is 3.11. The summed E-state index contributed by atoms with van der Waals surface area (Å²) >= 11 is 0. The fourth-order valence-corrected chi connectivity index (χ4v) is 4.55. The second-order valence-electron chi connectivity index (χ2n) is 7.45. The molecule has 0 aromatic heterocycles. The zero-order chi connectivity index (χ0) is 17.1. The zero-order valence-corrected chi connectivity index (χ0v) is 15.2. The first-order valence-electron chi connectivity index (χ1n) is 9.35. The Morgan fingerprint density at radius 1 is 1.12 bits per heavy atom. The molecule has 0 amide bonds. The van der Waals surface area contributed by atoms with Crippen molar-refractivity contribution >= 4 is 5.78 Å². The molecule has 2 aliphatic carbocycles. The van der Waals surface area contributed by atoms with Crippen LogP contribution in [0.1, 0.15) is 45.4 Å². The Hall–Kier alpha value is -0.970. The number of nitrogens with one attached hydrogen (secondary N) is 1. The van der Waals surface area contributed by atoms with E-state index in [0.717, 1.165) is 32.2 Å². The van der Waals surface area contributed by atoms with Crippen molar-refractivity contribution in [2.75, 3.05) is 20.8 Å². The molecule has 0 saturated carbocycles. The quantitative estimate of drug-likeness (QED) is 0.804. The molecule has 0 saturated heterocycles. The van der Waals surface area contributed by atoms with Gasteiger partial charge in [0.15, 0.2) is 5.78 Å². The molecule has 1 N–H and O–H groups in total. The first-order valence-corrected chi connectivity index (χ1v) is 9.35. The molecule has 0 radical (unpaired) electrons. The summed E-state index contributed by atoms with van der Waals surface area (Å²) in [4.78, 5) is 12.4. The highest BCUT2D eigenvalue weighted by molar-refractivity contribution is 5.88. The van der Waals surface area contributed by atoms with Gasteiger partial charge in [-0.15, -0.1) is 0 Å². The van der Waals surface area contributed by atoms with Gasteiger partial charge in [0, 0.05) is 26.2 Å².